The zero-order valence-corrected chi connectivity index (χ0v) is 21.5. The largest absolute Gasteiger partial charge is 0.465 e. The van der Waals surface area contributed by atoms with Crippen molar-refractivity contribution in [1.29, 1.82) is 0 Å². The molecule has 2 aromatic carbocycles. The number of nitrogens with zero attached hydrogens (tertiary/aromatic N) is 2. The Bertz CT molecular complexity index is 1280. The Morgan fingerprint density at radius 3 is 2.26 bits per heavy atom. The van der Waals surface area contributed by atoms with E-state index in [2.05, 4.69) is 0 Å². The molecule has 6 atom stereocenters. The van der Waals surface area contributed by atoms with Gasteiger partial charge in [0.2, 0.25) is 18.1 Å². The van der Waals surface area contributed by atoms with Crippen LogP contribution in [0.1, 0.15) is 26.3 Å². The Kier molecular flexibility index (Phi) is 6.09. The number of anilines is 1. The average Bonchev–Trinajstić information content (AvgIpc) is 3.57. The fourth-order valence-electron chi connectivity index (χ4n) is 6.10. The summed E-state index contributed by atoms with van der Waals surface area (Å²) >= 11 is 0. The van der Waals surface area contributed by atoms with Crippen molar-refractivity contribution in [2.75, 3.05) is 11.5 Å². The molecule has 4 heterocycles. The molecule has 0 aliphatic carbocycles. The van der Waals surface area contributed by atoms with E-state index in [0.717, 1.165) is 5.56 Å². The first-order chi connectivity index (χ1) is 18.3. The van der Waals surface area contributed by atoms with Crippen LogP contribution in [-0.2, 0) is 39.9 Å². The molecule has 0 saturated carbocycles. The van der Waals surface area contributed by atoms with E-state index in [0.29, 0.717) is 18.0 Å². The van der Waals surface area contributed by atoms with Crippen molar-refractivity contribution in [2.45, 2.75) is 57.6 Å². The van der Waals surface area contributed by atoms with Gasteiger partial charge in [0, 0.05) is 6.54 Å². The first-order valence-corrected chi connectivity index (χ1v) is 12.9. The van der Waals surface area contributed by atoms with Gasteiger partial charge in [0.25, 0.3) is 0 Å². The Hall–Kier alpha value is -3.53. The summed E-state index contributed by atoms with van der Waals surface area (Å²) in [7, 11) is 0. The van der Waals surface area contributed by atoms with Crippen LogP contribution in [0.2, 0.25) is 0 Å². The Labute approximate surface area is 220 Å². The zero-order valence-electron chi connectivity index (χ0n) is 21.5. The van der Waals surface area contributed by atoms with Crippen LogP contribution in [0.3, 0.4) is 0 Å². The molecule has 0 bridgehead atoms. The molecule has 38 heavy (non-hydrogen) atoms. The first-order valence-electron chi connectivity index (χ1n) is 12.9. The fraction of sp³-hybridized carbons (Fsp3) is 0.414. The lowest BCUT2D eigenvalue weighted by atomic mass is 9.88. The van der Waals surface area contributed by atoms with Crippen LogP contribution in [0.25, 0.3) is 0 Å². The molecule has 0 radical (unpaired) electrons. The summed E-state index contributed by atoms with van der Waals surface area (Å²) in [6, 6.07) is 16.7. The van der Waals surface area contributed by atoms with Crippen molar-refractivity contribution in [3.63, 3.8) is 0 Å². The van der Waals surface area contributed by atoms with Gasteiger partial charge in [0.1, 0.15) is 17.9 Å². The third-order valence-electron chi connectivity index (χ3n) is 7.50. The second-order valence-electron chi connectivity index (χ2n) is 10.4. The van der Waals surface area contributed by atoms with E-state index in [1.165, 1.54) is 4.90 Å². The van der Waals surface area contributed by atoms with Crippen molar-refractivity contribution in [3.05, 3.63) is 78.1 Å². The molecule has 0 aromatic heterocycles. The predicted molar refractivity (Wildman–Crippen MR) is 135 cm³/mol. The minimum absolute atomic E-state index is 0.154. The molecule has 4 aliphatic rings. The van der Waals surface area contributed by atoms with Gasteiger partial charge in [-0.05, 0) is 44.5 Å². The molecular weight excluding hydrogens is 488 g/mol. The Morgan fingerprint density at radius 1 is 0.947 bits per heavy atom. The smallest absolute Gasteiger partial charge is 0.324 e. The maximum atomic E-state index is 14.0. The lowest BCUT2D eigenvalue weighted by Gasteiger charge is -2.33. The number of hydrogen-bond donors (Lipinski definition) is 0. The summed E-state index contributed by atoms with van der Waals surface area (Å²) in [5, 5.41) is 0. The predicted octanol–water partition coefficient (Wildman–Crippen LogP) is 3.00. The van der Waals surface area contributed by atoms with Crippen LogP contribution in [0.15, 0.2) is 72.5 Å². The van der Waals surface area contributed by atoms with Crippen LogP contribution >= 0.6 is 0 Å². The van der Waals surface area contributed by atoms with Gasteiger partial charge in [0.05, 0.1) is 30.2 Å². The summed E-state index contributed by atoms with van der Waals surface area (Å²) < 4.78 is 23.6. The van der Waals surface area contributed by atoms with E-state index in [9.17, 15) is 14.4 Å². The summed E-state index contributed by atoms with van der Waals surface area (Å²) in [5.41, 5.74) is 1.40. The number of carbonyl (C=O) groups is 3. The zero-order chi connectivity index (χ0) is 26.6. The van der Waals surface area contributed by atoms with Gasteiger partial charge in [-0.3, -0.25) is 19.3 Å². The number of fused-ring (bicyclic) bond motifs is 2. The van der Waals surface area contributed by atoms with Gasteiger partial charge in [-0.15, -0.1) is 0 Å². The highest BCUT2D eigenvalue weighted by Gasteiger charge is 2.66. The van der Waals surface area contributed by atoms with Gasteiger partial charge < -0.3 is 18.9 Å². The SMILES string of the molecule is CCOC(=O)[C@@H]1[C@@H]2C(=O)N(c3ccccc3)C(=O)[C@@H]2[C@@H](C2=C[C@H]3OC(C)(C)O[C@H]3O2)N1Cc1ccccc1. The lowest BCUT2D eigenvalue weighted by molar-refractivity contribution is -0.184. The molecule has 3 saturated heterocycles. The number of esters is 1. The average molecular weight is 519 g/mol. The van der Waals surface area contributed by atoms with Crippen molar-refractivity contribution < 1.29 is 33.3 Å². The molecule has 0 spiro atoms. The number of rotatable bonds is 6. The molecule has 2 aromatic rings. The van der Waals surface area contributed by atoms with Crippen molar-refractivity contribution in [3.8, 4) is 0 Å². The topological polar surface area (TPSA) is 94.6 Å². The van der Waals surface area contributed by atoms with Crippen LogP contribution in [0.4, 0.5) is 5.69 Å². The van der Waals surface area contributed by atoms with Crippen LogP contribution < -0.4 is 4.90 Å². The first kappa shape index (κ1) is 24.8. The molecule has 6 rings (SSSR count). The Morgan fingerprint density at radius 2 is 1.61 bits per heavy atom. The highest BCUT2D eigenvalue weighted by Crippen LogP contribution is 2.49. The highest BCUT2D eigenvalue weighted by molar-refractivity contribution is 6.23. The third-order valence-corrected chi connectivity index (χ3v) is 7.50. The molecule has 3 fully saturated rings. The number of para-hydroxylation sites is 1. The molecule has 198 valence electrons. The van der Waals surface area contributed by atoms with Gasteiger partial charge in [-0.25, -0.2) is 4.90 Å². The molecule has 9 nitrogen and oxygen atoms in total. The minimum Gasteiger partial charge on any atom is -0.465 e. The summed E-state index contributed by atoms with van der Waals surface area (Å²) in [6.07, 6.45) is 0.683. The van der Waals surface area contributed by atoms with Gasteiger partial charge in [0.15, 0.2) is 5.79 Å². The van der Waals surface area contributed by atoms with E-state index >= 15 is 0 Å². The van der Waals surface area contributed by atoms with Crippen molar-refractivity contribution in [1.82, 2.24) is 4.90 Å². The molecule has 4 aliphatic heterocycles. The van der Waals surface area contributed by atoms with Crippen LogP contribution in [-0.4, -0.2) is 59.6 Å². The second-order valence-corrected chi connectivity index (χ2v) is 10.4. The van der Waals surface area contributed by atoms with Gasteiger partial charge in [-0.1, -0.05) is 48.5 Å². The van der Waals surface area contributed by atoms with Gasteiger partial charge in [-0.2, -0.15) is 0 Å². The van der Waals surface area contributed by atoms with Crippen LogP contribution in [0.5, 0.6) is 0 Å². The maximum absolute atomic E-state index is 14.0. The maximum Gasteiger partial charge on any atom is 0.324 e. The lowest BCUT2D eigenvalue weighted by Crippen LogP contribution is -2.49. The normalized spacial score (nSPS) is 31.7. The number of benzene rings is 2. The number of imide groups is 1. The molecule has 0 unspecified atom stereocenters. The van der Waals surface area contributed by atoms with Crippen LogP contribution in [0, 0.1) is 11.8 Å². The van der Waals surface area contributed by atoms with Crippen molar-refractivity contribution in [2.24, 2.45) is 11.8 Å². The number of amides is 2. The molecule has 0 N–H and O–H groups in total. The summed E-state index contributed by atoms with van der Waals surface area (Å²) in [6.45, 7) is 5.81. The number of hydrogen-bond acceptors (Lipinski definition) is 8. The quantitative estimate of drug-likeness (QED) is 0.426. The number of ether oxygens (including phenoxy) is 4. The van der Waals surface area contributed by atoms with E-state index in [1.54, 1.807) is 31.2 Å². The third kappa shape index (κ3) is 4.02. The van der Waals surface area contributed by atoms with Crippen molar-refractivity contribution >= 4 is 23.5 Å². The van der Waals surface area contributed by atoms with E-state index in [-0.39, 0.29) is 12.5 Å². The standard InChI is InChI=1S/C29H30N2O7/c1-4-35-27(34)24-22-21(25(32)31(26(22)33)18-13-9-6-10-14-18)23(30(24)16-17-11-7-5-8-12-17)19-15-20-28(36-19)38-29(2,3)37-20/h5-15,20-24,28H,4,16H2,1-3H3/t20-,21+,22-,23-,24+,28-/m1/s1. The molecule has 2 amide bonds. The highest BCUT2D eigenvalue weighted by atomic mass is 16.8. The van der Waals surface area contributed by atoms with E-state index in [1.807, 2.05) is 61.2 Å². The van der Waals surface area contributed by atoms with Gasteiger partial charge >= 0.3 is 5.97 Å². The minimum atomic E-state index is -0.974. The number of likely N-dealkylation sites (tertiary alicyclic amines) is 1. The fourth-order valence-corrected chi connectivity index (χ4v) is 6.10. The Balaban J connectivity index is 1.45. The summed E-state index contributed by atoms with van der Waals surface area (Å²) in [5.74, 6) is -3.45. The monoisotopic (exact) mass is 518 g/mol. The molecular formula is C29H30N2O7. The molecule has 9 heteroatoms. The van der Waals surface area contributed by atoms with E-state index in [4.69, 9.17) is 18.9 Å². The van der Waals surface area contributed by atoms with E-state index < -0.39 is 54.0 Å². The number of carbonyl (C=O) groups excluding carboxylic acids is 3. The summed E-state index contributed by atoms with van der Waals surface area (Å²) in [4.78, 5) is 44.5. The second kappa shape index (κ2) is 9.34.